The number of aromatic nitrogens is 2. The van der Waals surface area contributed by atoms with Crippen LogP contribution in [0.4, 0.5) is 5.82 Å². The van der Waals surface area contributed by atoms with Gasteiger partial charge in [0.25, 0.3) is 0 Å². The number of benzene rings is 1. The molecule has 1 aromatic heterocycles. The molecule has 0 unspecified atom stereocenters. The molecular weight excluding hydrogens is 198 g/mol. The molecule has 3 nitrogen and oxygen atoms in total. The van der Waals surface area contributed by atoms with Crippen molar-refractivity contribution in [3.63, 3.8) is 0 Å². The van der Waals surface area contributed by atoms with E-state index in [4.69, 9.17) is 0 Å². The zero-order chi connectivity index (χ0) is 11.2. The van der Waals surface area contributed by atoms with Crippen LogP contribution < -0.4 is 5.32 Å². The molecule has 0 spiro atoms. The van der Waals surface area contributed by atoms with E-state index in [0.717, 1.165) is 29.6 Å². The Bertz CT molecular complexity index is 532. The molecule has 1 aromatic carbocycles. The van der Waals surface area contributed by atoms with Crippen LogP contribution in [-0.4, -0.2) is 16.7 Å². The lowest BCUT2D eigenvalue weighted by Gasteiger charge is -2.05. The van der Waals surface area contributed by atoms with Gasteiger partial charge in [-0.3, -0.25) is 0 Å². The normalized spacial score (nSPS) is 9.56. The molecule has 0 aliphatic rings. The Morgan fingerprint density at radius 3 is 3.06 bits per heavy atom. The van der Waals surface area contributed by atoms with Gasteiger partial charge in [0.15, 0.2) is 5.82 Å². The van der Waals surface area contributed by atoms with Crippen LogP contribution in [-0.2, 0) is 0 Å². The summed E-state index contributed by atoms with van der Waals surface area (Å²) in [5, 5.41) is 13.5. The Morgan fingerprint density at radius 1 is 1.31 bits per heavy atom. The van der Waals surface area contributed by atoms with Gasteiger partial charge < -0.3 is 5.32 Å². The predicted octanol–water partition coefficient (Wildman–Crippen LogP) is 2.46. The molecule has 1 heterocycles. The summed E-state index contributed by atoms with van der Waals surface area (Å²) in [6.07, 6.45) is 2.59. The van der Waals surface area contributed by atoms with Gasteiger partial charge in [-0.1, -0.05) is 24.3 Å². The third-order valence-corrected chi connectivity index (χ3v) is 2.29. The molecule has 16 heavy (non-hydrogen) atoms. The molecule has 0 aliphatic heterocycles. The Hall–Kier alpha value is -2.08. The zero-order valence-corrected chi connectivity index (χ0v) is 9.20. The van der Waals surface area contributed by atoms with Crippen molar-refractivity contribution in [2.24, 2.45) is 0 Å². The summed E-state index contributed by atoms with van der Waals surface area (Å²) in [5.41, 5.74) is 0. The van der Waals surface area contributed by atoms with Gasteiger partial charge in [-0.25, -0.2) is 0 Å². The molecule has 3 heteroatoms. The van der Waals surface area contributed by atoms with E-state index in [-0.39, 0.29) is 0 Å². The Kier molecular flexibility index (Phi) is 3.35. The van der Waals surface area contributed by atoms with E-state index in [1.54, 1.807) is 6.20 Å². The lowest BCUT2D eigenvalue weighted by atomic mass is 10.2. The number of hydrogen-bond donors (Lipinski definition) is 1. The molecule has 0 aliphatic carbocycles. The van der Waals surface area contributed by atoms with Crippen LogP contribution in [0, 0.1) is 11.8 Å². The van der Waals surface area contributed by atoms with Gasteiger partial charge in [0.2, 0.25) is 0 Å². The average molecular weight is 211 g/mol. The third-order valence-electron chi connectivity index (χ3n) is 2.29. The fraction of sp³-hybridized carbons (Fsp3) is 0.231. The highest BCUT2D eigenvalue weighted by atomic mass is 15.2. The molecule has 0 saturated carbocycles. The minimum atomic E-state index is 0.795. The number of rotatable bonds is 3. The average Bonchev–Trinajstić information content (AvgIpc) is 2.35. The van der Waals surface area contributed by atoms with Gasteiger partial charge in [-0.2, -0.15) is 5.10 Å². The Morgan fingerprint density at radius 2 is 2.19 bits per heavy atom. The standard InChI is InChI=1S/C13H13N3/c1-2-3-6-9-14-13-12-8-5-4-7-11(12)10-15-16-13/h4-5,7-8,10H,6,9H2,1H3,(H,14,16). The molecule has 80 valence electrons. The Balaban J connectivity index is 2.19. The highest BCUT2D eigenvalue weighted by molar-refractivity contribution is 5.90. The first-order chi connectivity index (χ1) is 7.92. The third kappa shape index (κ3) is 2.29. The first-order valence-electron chi connectivity index (χ1n) is 5.25. The van der Waals surface area contributed by atoms with Crippen LogP contribution in [0.15, 0.2) is 30.5 Å². The quantitative estimate of drug-likeness (QED) is 0.626. The maximum absolute atomic E-state index is 4.10. The summed E-state index contributed by atoms with van der Waals surface area (Å²) in [6.45, 7) is 2.64. The van der Waals surface area contributed by atoms with Gasteiger partial charge in [0, 0.05) is 23.7 Å². The van der Waals surface area contributed by atoms with Crippen molar-refractivity contribution >= 4 is 16.6 Å². The summed E-state index contributed by atoms with van der Waals surface area (Å²) in [7, 11) is 0. The van der Waals surface area contributed by atoms with E-state index < -0.39 is 0 Å². The van der Waals surface area contributed by atoms with Gasteiger partial charge in [-0.15, -0.1) is 16.9 Å². The van der Waals surface area contributed by atoms with Crippen LogP contribution in [0.2, 0.25) is 0 Å². The molecule has 0 radical (unpaired) electrons. The van der Waals surface area contributed by atoms with Crippen molar-refractivity contribution in [3.05, 3.63) is 30.5 Å². The number of nitrogens with zero attached hydrogens (tertiary/aromatic N) is 2. The molecule has 0 amide bonds. The first-order valence-corrected chi connectivity index (χ1v) is 5.25. The van der Waals surface area contributed by atoms with Crippen LogP contribution >= 0.6 is 0 Å². The van der Waals surface area contributed by atoms with E-state index >= 15 is 0 Å². The van der Waals surface area contributed by atoms with E-state index in [1.807, 2.05) is 31.2 Å². The number of fused-ring (bicyclic) bond motifs is 1. The van der Waals surface area contributed by atoms with E-state index in [0.29, 0.717) is 0 Å². The van der Waals surface area contributed by atoms with Crippen molar-refractivity contribution < 1.29 is 0 Å². The van der Waals surface area contributed by atoms with E-state index in [1.165, 1.54) is 0 Å². The summed E-state index contributed by atoms with van der Waals surface area (Å²) >= 11 is 0. The minimum absolute atomic E-state index is 0.795. The second-order valence-corrected chi connectivity index (χ2v) is 3.38. The van der Waals surface area contributed by atoms with Crippen molar-refractivity contribution in [2.45, 2.75) is 13.3 Å². The predicted molar refractivity (Wildman–Crippen MR) is 66.1 cm³/mol. The number of hydrogen-bond acceptors (Lipinski definition) is 3. The SMILES string of the molecule is CC#CCCNc1nncc2ccccc12. The molecule has 1 N–H and O–H groups in total. The van der Waals surface area contributed by atoms with Gasteiger partial charge in [0.1, 0.15) is 0 Å². The highest BCUT2D eigenvalue weighted by Gasteiger charge is 2.00. The Labute approximate surface area is 94.9 Å². The summed E-state index contributed by atoms with van der Waals surface area (Å²) < 4.78 is 0. The van der Waals surface area contributed by atoms with Crippen molar-refractivity contribution in [3.8, 4) is 11.8 Å². The van der Waals surface area contributed by atoms with Crippen LogP contribution in [0.5, 0.6) is 0 Å². The fourth-order valence-corrected chi connectivity index (χ4v) is 1.53. The van der Waals surface area contributed by atoms with E-state index in [2.05, 4.69) is 27.4 Å². The highest BCUT2D eigenvalue weighted by Crippen LogP contribution is 2.18. The summed E-state index contributed by atoms with van der Waals surface area (Å²) in [5.74, 6) is 6.70. The fourth-order valence-electron chi connectivity index (χ4n) is 1.53. The largest absolute Gasteiger partial charge is 0.367 e. The van der Waals surface area contributed by atoms with Gasteiger partial charge in [0.05, 0.1) is 6.20 Å². The van der Waals surface area contributed by atoms with Gasteiger partial charge in [-0.05, 0) is 6.92 Å². The molecule has 0 saturated heterocycles. The summed E-state index contributed by atoms with van der Waals surface area (Å²) in [4.78, 5) is 0. The minimum Gasteiger partial charge on any atom is -0.367 e. The molecular formula is C13H13N3. The molecule has 0 fully saturated rings. The topological polar surface area (TPSA) is 37.8 Å². The van der Waals surface area contributed by atoms with Crippen LogP contribution in [0.25, 0.3) is 10.8 Å². The van der Waals surface area contributed by atoms with E-state index in [9.17, 15) is 0 Å². The lowest BCUT2D eigenvalue weighted by molar-refractivity contribution is 1.01. The maximum Gasteiger partial charge on any atom is 0.156 e. The second-order valence-electron chi connectivity index (χ2n) is 3.38. The monoisotopic (exact) mass is 211 g/mol. The zero-order valence-electron chi connectivity index (χ0n) is 9.20. The maximum atomic E-state index is 4.10. The molecule has 0 atom stereocenters. The smallest absolute Gasteiger partial charge is 0.156 e. The number of anilines is 1. The molecule has 2 rings (SSSR count). The summed E-state index contributed by atoms with van der Waals surface area (Å²) in [6, 6.07) is 8.07. The lowest BCUT2D eigenvalue weighted by Crippen LogP contribution is -2.03. The second kappa shape index (κ2) is 5.13. The van der Waals surface area contributed by atoms with Crippen molar-refractivity contribution in [1.29, 1.82) is 0 Å². The van der Waals surface area contributed by atoms with Crippen LogP contribution in [0.1, 0.15) is 13.3 Å². The molecule has 2 aromatic rings. The molecule has 0 bridgehead atoms. The van der Waals surface area contributed by atoms with Gasteiger partial charge >= 0.3 is 0 Å². The number of nitrogens with one attached hydrogen (secondary N) is 1. The van der Waals surface area contributed by atoms with Crippen molar-refractivity contribution in [2.75, 3.05) is 11.9 Å². The van der Waals surface area contributed by atoms with Crippen molar-refractivity contribution in [1.82, 2.24) is 10.2 Å². The first kappa shape index (κ1) is 10.4. The van der Waals surface area contributed by atoms with Crippen LogP contribution in [0.3, 0.4) is 0 Å².